The van der Waals surface area contributed by atoms with E-state index in [4.69, 9.17) is 4.74 Å². The smallest absolute Gasteiger partial charge is 0.241 e. The van der Waals surface area contributed by atoms with Crippen molar-refractivity contribution in [3.05, 3.63) is 0 Å². The summed E-state index contributed by atoms with van der Waals surface area (Å²) in [5.74, 6) is 0.295. The number of nitrogens with one attached hydrogen (secondary N) is 1. The average Bonchev–Trinajstić information content (AvgIpc) is 2.79. The van der Waals surface area contributed by atoms with Crippen LogP contribution >= 0.6 is 0 Å². The molecule has 0 saturated carbocycles. The highest BCUT2D eigenvalue weighted by molar-refractivity contribution is 7.89. The maximum Gasteiger partial charge on any atom is 0.241 e. The van der Waals surface area contributed by atoms with Crippen molar-refractivity contribution in [3.8, 4) is 0 Å². The van der Waals surface area contributed by atoms with E-state index in [0.717, 1.165) is 19.4 Å². The van der Waals surface area contributed by atoms with Gasteiger partial charge in [-0.1, -0.05) is 0 Å². The van der Waals surface area contributed by atoms with Crippen LogP contribution < -0.4 is 4.72 Å². The Morgan fingerprint density at radius 3 is 2.71 bits per heavy atom. The zero-order chi connectivity index (χ0) is 15.5. The van der Waals surface area contributed by atoms with E-state index in [-0.39, 0.29) is 17.7 Å². The topological polar surface area (TPSA) is 75.7 Å². The first-order valence-corrected chi connectivity index (χ1v) is 9.42. The van der Waals surface area contributed by atoms with Crippen molar-refractivity contribution in [2.45, 2.75) is 51.6 Å². The maximum atomic E-state index is 12.1. The molecule has 2 fully saturated rings. The van der Waals surface area contributed by atoms with Crippen molar-refractivity contribution in [3.63, 3.8) is 0 Å². The molecule has 2 saturated heterocycles. The fourth-order valence-electron chi connectivity index (χ4n) is 2.96. The molecule has 0 aromatic rings. The summed E-state index contributed by atoms with van der Waals surface area (Å²) < 4.78 is 32.2. The van der Waals surface area contributed by atoms with Crippen LogP contribution in [0.1, 0.15) is 39.5 Å². The van der Waals surface area contributed by atoms with E-state index >= 15 is 0 Å². The van der Waals surface area contributed by atoms with Crippen LogP contribution in [0.5, 0.6) is 0 Å². The van der Waals surface area contributed by atoms with Gasteiger partial charge in [0.1, 0.15) is 6.04 Å². The molecule has 2 rings (SSSR count). The Kier molecular flexibility index (Phi) is 5.62. The molecule has 0 radical (unpaired) electrons. The second-order valence-electron chi connectivity index (χ2n) is 6.28. The molecule has 1 N–H and O–H groups in total. The van der Waals surface area contributed by atoms with E-state index in [1.807, 2.05) is 13.8 Å². The van der Waals surface area contributed by atoms with Crippen LogP contribution in [-0.4, -0.2) is 56.8 Å². The summed E-state index contributed by atoms with van der Waals surface area (Å²) >= 11 is 0. The van der Waals surface area contributed by atoms with Gasteiger partial charge in [0.05, 0.1) is 5.75 Å². The lowest BCUT2D eigenvalue weighted by molar-refractivity contribution is -0.130. The number of ether oxygens (including phenoxy) is 1. The SMILES string of the molecule is CC(C)N1CCC(NS(=O)(=O)CCC2CCCOC2)C1=O. The number of hydrogen-bond donors (Lipinski definition) is 1. The molecule has 2 aliphatic rings. The van der Waals surface area contributed by atoms with Crippen molar-refractivity contribution in [1.82, 2.24) is 9.62 Å². The van der Waals surface area contributed by atoms with Gasteiger partial charge >= 0.3 is 0 Å². The molecule has 0 bridgehead atoms. The molecule has 0 aromatic heterocycles. The Morgan fingerprint density at radius 2 is 2.14 bits per heavy atom. The Morgan fingerprint density at radius 1 is 1.38 bits per heavy atom. The standard InChI is InChI=1S/C14H26N2O4S/c1-11(2)16-7-5-13(14(16)17)15-21(18,19)9-6-12-4-3-8-20-10-12/h11-13,15H,3-10H2,1-2H3. The van der Waals surface area contributed by atoms with E-state index in [9.17, 15) is 13.2 Å². The van der Waals surface area contributed by atoms with Gasteiger partial charge in [-0.25, -0.2) is 13.1 Å². The number of likely N-dealkylation sites (tertiary alicyclic amines) is 1. The minimum Gasteiger partial charge on any atom is -0.381 e. The minimum atomic E-state index is -3.40. The van der Waals surface area contributed by atoms with Crippen LogP contribution in [0.2, 0.25) is 0 Å². The molecule has 21 heavy (non-hydrogen) atoms. The highest BCUT2D eigenvalue weighted by Gasteiger charge is 2.35. The molecule has 2 aliphatic heterocycles. The first-order chi connectivity index (χ1) is 9.89. The summed E-state index contributed by atoms with van der Waals surface area (Å²) in [6.07, 6.45) is 3.19. The second kappa shape index (κ2) is 7.07. The van der Waals surface area contributed by atoms with E-state index in [0.29, 0.717) is 31.9 Å². The van der Waals surface area contributed by atoms with Gasteiger partial charge in [0.25, 0.3) is 0 Å². The number of hydrogen-bond acceptors (Lipinski definition) is 4. The number of carbonyl (C=O) groups excluding carboxylic acids is 1. The van der Waals surface area contributed by atoms with E-state index in [1.165, 1.54) is 0 Å². The van der Waals surface area contributed by atoms with Gasteiger partial charge in [-0.15, -0.1) is 0 Å². The summed E-state index contributed by atoms with van der Waals surface area (Å²) in [4.78, 5) is 13.8. The predicted octanol–water partition coefficient (Wildman–Crippen LogP) is 0.732. The van der Waals surface area contributed by atoms with Crippen molar-refractivity contribution in [2.24, 2.45) is 5.92 Å². The number of rotatable bonds is 6. The Balaban J connectivity index is 1.82. The van der Waals surface area contributed by atoms with Gasteiger partial charge in [0.2, 0.25) is 15.9 Å². The molecule has 2 heterocycles. The number of sulfonamides is 1. The fourth-order valence-corrected chi connectivity index (χ4v) is 4.37. The molecule has 0 spiro atoms. The van der Waals surface area contributed by atoms with E-state index in [1.54, 1.807) is 4.90 Å². The van der Waals surface area contributed by atoms with Crippen LogP contribution in [0.15, 0.2) is 0 Å². The second-order valence-corrected chi connectivity index (χ2v) is 8.15. The van der Waals surface area contributed by atoms with Gasteiger partial charge < -0.3 is 9.64 Å². The molecule has 0 aliphatic carbocycles. The summed E-state index contributed by atoms with van der Waals surface area (Å²) in [6.45, 7) is 5.94. The molecule has 122 valence electrons. The third-order valence-corrected chi connectivity index (χ3v) is 5.65. The summed E-state index contributed by atoms with van der Waals surface area (Å²) in [5.41, 5.74) is 0. The lowest BCUT2D eigenvalue weighted by Crippen LogP contribution is -2.44. The third kappa shape index (κ3) is 4.66. The Bertz CT molecular complexity index is 458. The van der Waals surface area contributed by atoms with Crippen molar-refractivity contribution >= 4 is 15.9 Å². The Hall–Kier alpha value is -0.660. The summed E-state index contributed by atoms with van der Waals surface area (Å²) in [5, 5.41) is 0. The van der Waals surface area contributed by atoms with Crippen molar-refractivity contribution in [1.29, 1.82) is 0 Å². The van der Waals surface area contributed by atoms with Gasteiger partial charge in [-0.05, 0) is 45.4 Å². The average molecular weight is 318 g/mol. The predicted molar refractivity (Wildman–Crippen MR) is 80.3 cm³/mol. The number of amides is 1. The first-order valence-electron chi connectivity index (χ1n) is 7.77. The molecular weight excluding hydrogens is 292 g/mol. The van der Waals surface area contributed by atoms with Crippen LogP contribution in [0, 0.1) is 5.92 Å². The van der Waals surface area contributed by atoms with Gasteiger partial charge in [0, 0.05) is 25.8 Å². The molecule has 0 aromatic carbocycles. The lowest BCUT2D eigenvalue weighted by Gasteiger charge is -2.23. The fraction of sp³-hybridized carbons (Fsp3) is 0.929. The van der Waals surface area contributed by atoms with Crippen LogP contribution in [0.4, 0.5) is 0 Å². The summed E-state index contributed by atoms with van der Waals surface area (Å²) in [6, 6.07) is -0.466. The lowest BCUT2D eigenvalue weighted by atomic mass is 10.00. The third-order valence-electron chi connectivity index (χ3n) is 4.23. The van der Waals surface area contributed by atoms with Crippen molar-refractivity contribution in [2.75, 3.05) is 25.5 Å². The largest absolute Gasteiger partial charge is 0.381 e. The molecule has 2 atom stereocenters. The quantitative estimate of drug-likeness (QED) is 0.783. The normalized spacial score (nSPS) is 27.6. The van der Waals surface area contributed by atoms with Crippen molar-refractivity contribution < 1.29 is 17.9 Å². The monoisotopic (exact) mass is 318 g/mol. The molecule has 1 amide bonds. The van der Waals surface area contributed by atoms with Crippen LogP contribution in [0.25, 0.3) is 0 Å². The molecule has 6 nitrogen and oxygen atoms in total. The van der Waals surface area contributed by atoms with E-state index in [2.05, 4.69) is 4.72 Å². The van der Waals surface area contributed by atoms with Crippen LogP contribution in [-0.2, 0) is 19.6 Å². The van der Waals surface area contributed by atoms with Crippen LogP contribution in [0.3, 0.4) is 0 Å². The maximum absolute atomic E-state index is 12.1. The van der Waals surface area contributed by atoms with Gasteiger partial charge in [0.15, 0.2) is 0 Å². The number of carbonyl (C=O) groups is 1. The van der Waals surface area contributed by atoms with Gasteiger partial charge in [-0.2, -0.15) is 0 Å². The molecular formula is C14H26N2O4S. The molecule has 7 heteroatoms. The Labute approximate surface area is 127 Å². The highest BCUT2D eigenvalue weighted by atomic mass is 32.2. The first kappa shape index (κ1) is 16.7. The zero-order valence-corrected chi connectivity index (χ0v) is 13.7. The van der Waals surface area contributed by atoms with Gasteiger partial charge in [-0.3, -0.25) is 4.79 Å². The van der Waals surface area contributed by atoms with E-state index < -0.39 is 16.1 Å². The summed E-state index contributed by atoms with van der Waals surface area (Å²) in [7, 11) is -3.40. The highest BCUT2D eigenvalue weighted by Crippen LogP contribution is 2.19. The zero-order valence-electron chi connectivity index (χ0n) is 12.9. The molecule has 2 unspecified atom stereocenters. The number of nitrogens with zero attached hydrogens (tertiary/aromatic N) is 1. The minimum absolute atomic E-state index is 0.0759.